The van der Waals surface area contributed by atoms with Gasteiger partial charge in [0.25, 0.3) is 0 Å². The van der Waals surface area contributed by atoms with Crippen LogP contribution < -0.4 is 10.2 Å². The van der Waals surface area contributed by atoms with Crippen LogP contribution in [0.15, 0.2) is 91.0 Å². The molecule has 0 saturated carbocycles. The highest BCUT2D eigenvalue weighted by atomic mass is 16.5. The number of benzene rings is 3. The van der Waals surface area contributed by atoms with Gasteiger partial charge in [-0.25, -0.2) is 14.5 Å². The molecular weight excluding hydrogens is 356 g/mol. The van der Waals surface area contributed by atoms with Gasteiger partial charge in [0.1, 0.15) is 0 Å². The van der Waals surface area contributed by atoms with Crippen molar-refractivity contribution in [2.75, 3.05) is 12.0 Å². The highest BCUT2D eigenvalue weighted by Gasteiger charge is 2.46. The molecule has 28 heavy (non-hydrogen) atoms. The smallest absolute Gasteiger partial charge is 0.416 e. The van der Waals surface area contributed by atoms with Crippen molar-refractivity contribution in [1.82, 2.24) is 5.32 Å². The number of carboxylic acid groups (broad SMARTS) is 1. The average Bonchev–Trinajstić information content (AvgIpc) is 2.74. The van der Waals surface area contributed by atoms with Crippen molar-refractivity contribution >= 4 is 17.9 Å². The minimum atomic E-state index is -1.54. The van der Waals surface area contributed by atoms with Crippen molar-refractivity contribution in [3.05, 3.63) is 102 Å². The fraction of sp³-hybridized carbons (Fsp3) is 0.0909. The van der Waals surface area contributed by atoms with Gasteiger partial charge in [0.15, 0.2) is 5.66 Å². The Morgan fingerprint density at radius 3 is 1.64 bits per heavy atom. The zero-order valence-electron chi connectivity index (χ0n) is 15.3. The number of para-hydroxylation sites is 1. The summed E-state index contributed by atoms with van der Waals surface area (Å²) < 4.78 is 5.05. The van der Waals surface area contributed by atoms with Gasteiger partial charge in [0.2, 0.25) is 0 Å². The molecule has 0 aliphatic heterocycles. The number of nitrogens with one attached hydrogen (secondary N) is 1. The number of amides is 2. The lowest BCUT2D eigenvalue weighted by Gasteiger charge is -2.43. The van der Waals surface area contributed by atoms with Crippen LogP contribution in [0, 0.1) is 0 Å². The van der Waals surface area contributed by atoms with E-state index >= 15 is 0 Å². The summed E-state index contributed by atoms with van der Waals surface area (Å²) in [6, 6.07) is 26.7. The lowest BCUT2D eigenvalue weighted by atomic mass is 9.88. The molecule has 0 aliphatic carbocycles. The molecule has 0 fully saturated rings. The van der Waals surface area contributed by atoms with Crippen LogP contribution in [0.25, 0.3) is 0 Å². The molecule has 0 heterocycles. The summed E-state index contributed by atoms with van der Waals surface area (Å²) in [5, 5.41) is 12.3. The van der Waals surface area contributed by atoms with Crippen molar-refractivity contribution < 1.29 is 19.4 Å². The molecular formula is C22H20N2O4. The quantitative estimate of drug-likeness (QED) is 0.646. The number of rotatable bonds is 5. The van der Waals surface area contributed by atoms with E-state index in [9.17, 15) is 14.7 Å². The Morgan fingerprint density at radius 1 is 0.821 bits per heavy atom. The Balaban J connectivity index is 2.38. The summed E-state index contributed by atoms with van der Waals surface area (Å²) in [5.41, 5.74) is 0.0783. The third-order valence-electron chi connectivity index (χ3n) is 4.38. The zero-order valence-corrected chi connectivity index (χ0v) is 15.3. The fourth-order valence-electron chi connectivity index (χ4n) is 3.24. The third kappa shape index (κ3) is 3.53. The molecule has 6 heteroatoms. The highest BCUT2D eigenvalue weighted by Crippen LogP contribution is 2.37. The lowest BCUT2D eigenvalue weighted by molar-refractivity contribution is 0.161. The summed E-state index contributed by atoms with van der Waals surface area (Å²) in [6.45, 7) is 0. The Labute approximate surface area is 163 Å². The predicted octanol–water partition coefficient (Wildman–Crippen LogP) is 4.43. The summed E-state index contributed by atoms with van der Waals surface area (Å²) in [6.07, 6.45) is -1.98. The van der Waals surface area contributed by atoms with E-state index in [4.69, 9.17) is 4.74 Å². The van der Waals surface area contributed by atoms with Crippen LogP contribution in [0.5, 0.6) is 0 Å². The van der Waals surface area contributed by atoms with Gasteiger partial charge in [-0.15, -0.1) is 0 Å². The molecule has 2 N–H and O–H groups in total. The number of methoxy groups -OCH3 is 1. The van der Waals surface area contributed by atoms with Gasteiger partial charge in [0, 0.05) is 11.1 Å². The Bertz CT molecular complexity index is 891. The molecule has 0 spiro atoms. The second kappa shape index (κ2) is 8.26. The van der Waals surface area contributed by atoms with E-state index in [1.165, 1.54) is 12.0 Å². The van der Waals surface area contributed by atoms with Gasteiger partial charge in [-0.3, -0.25) is 5.32 Å². The van der Waals surface area contributed by atoms with Gasteiger partial charge in [0.05, 0.1) is 12.8 Å². The van der Waals surface area contributed by atoms with Crippen molar-refractivity contribution in [3.63, 3.8) is 0 Å². The van der Waals surface area contributed by atoms with Gasteiger partial charge in [-0.1, -0.05) is 78.9 Å². The first-order chi connectivity index (χ1) is 13.6. The van der Waals surface area contributed by atoms with Gasteiger partial charge < -0.3 is 9.84 Å². The largest absolute Gasteiger partial charge is 0.465 e. The van der Waals surface area contributed by atoms with Gasteiger partial charge >= 0.3 is 12.2 Å². The second-order valence-electron chi connectivity index (χ2n) is 6.01. The van der Waals surface area contributed by atoms with E-state index in [2.05, 4.69) is 5.32 Å². The zero-order chi connectivity index (χ0) is 20.0. The number of carbonyl (C=O) groups is 2. The fourth-order valence-corrected chi connectivity index (χ4v) is 3.24. The molecule has 0 aromatic heterocycles. The first kappa shape index (κ1) is 19.0. The average molecular weight is 376 g/mol. The molecule has 0 saturated heterocycles. The van der Waals surface area contributed by atoms with Crippen LogP contribution in [0.1, 0.15) is 11.1 Å². The number of anilines is 1. The topological polar surface area (TPSA) is 78.9 Å². The normalized spacial score (nSPS) is 10.8. The maximum Gasteiger partial charge on any atom is 0.416 e. The van der Waals surface area contributed by atoms with E-state index < -0.39 is 17.8 Å². The monoisotopic (exact) mass is 376 g/mol. The predicted molar refractivity (Wildman–Crippen MR) is 106 cm³/mol. The van der Waals surface area contributed by atoms with E-state index in [0.29, 0.717) is 16.8 Å². The van der Waals surface area contributed by atoms with E-state index in [0.717, 1.165) is 0 Å². The van der Waals surface area contributed by atoms with E-state index in [-0.39, 0.29) is 0 Å². The van der Waals surface area contributed by atoms with Crippen molar-refractivity contribution in [2.45, 2.75) is 5.66 Å². The van der Waals surface area contributed by atoms with E-state index in [1.807, 2.05) is 18.2 Å². The first-order valence-electron chi connectivity index (χ1n) is 8.65. The highest BCUT2D eigenvalue weighted by molar-refractivity contribution is 5.91. The van der Waals surface area contributed by atoms with E-state index in [1.54, 1.807) is 72.8 Å². The minimum absolute atomic E-state index is 0.482. The van der Waals surface area contributed by atoms with Crippen molar-refractivity contribution in [2.24, 2.45) is 0 Å². The Kier molecular flexibility index (Phi) is 5.60. The van der Waals surface area contributed by atoms with Crippen LogP contribution in [-0.2, 0) is 10.4 Å². The molecule has 3 aromatic rings. The Hall–Kier alpha value is -3.80. The summed E-state index contributed by atoms with van der Waals surface area (Å²) in [7, 11) is 1.26. The maximum absolute atomic E-state index is 13.0. The Morgan fingerprint density at radius 2 is 1.25 bits per heavy atom. The summed E-state index contributed by atoms with van der Waals surface area (Å²) in [4.78, 5) is 26.2. The second-order valence-corrected chi connectivity index (χ2v) is 6.01. The maximum atomic E-state index is 13.0. The summed E-state index contributed by atoms with van der Waals surface area (Å²) in [5.74, 6) is 0. The minimum Gasteiger partial charge on any atom is -0.465 e. The molecule has 3 aromatic carbocycles. The molecule has 0 radical (unpaired) electrons. The molecule has 2 amide bonds. The third-order valence-corrected chi connectivity index (χ3v) is 4.38. The number of nitrogens with zero attached hydrogens (tertiary/aromatic N) is 1. The van der Waals surface area contributed by atoms with Gasteiger partial charge in [-0.05, 0) is 12.1 Å². The van der Waals surface area contributed by atoms with Crippen LogP contribution in [0.3, 0.4) is 0 Å². The standard InChI is InChI=1S/C22H20N2O4/c1-28-21(27)24(19-15-9-4-10-16-19)22(23-20(25)26,17-11-5-2-6-12-17)18-13-7-3-8-14-18/h2-16,23H,1H3,(H,25,26). The SMILES string of the molecule is COC(=O)N(c1ccccc1)C(NC(=O)O)(c1ccccc1)c1ccccc1. The number of hydrogen-bond acceptors (Lipinski definition) is 3. The number of ether oxygens (including phenoxy) is 1. The molecule has 0 aliphatic rings. The molecule has 3 rings (SSSR count). The summed E-state index contributed by atoms with van der Waals surface area (Å²) >= 11 is 0. The van der Waals surface area contributed by atoms with Crippen molar-refractivity contribution in [1.29, 1.82) is 0 Å². The molecule has 142 valence electrons. The number of carbonyl (C=O) groups excluding carboxylic acids is 1. The van der Waals surface area contributed by atoms with Crippen LogP contribution in [-0.4, -0.2) is 24.4 Å². The van der Waals surface area contributed by atoms with Crippen molar-refractivity contribution in [3.8, 4) is 0 Å². The van der Waals surface area contributed by atoms with Crippen LogP contribution in [0.4, 0.5) is 15.3 Å². The van der Waals surface area contributed by atoms with Crippen LogP contribution >= 0.6 is 0 Å². The first-order valence-corrected chi connectivity index (χ1v) is 8.65. The van der Waals surface area contributed by atoms with Gasteiger partial charge in [-0.2, -0.15) is 0 Å². The molecule has 0 unspecified atom stereocenters. The molecule has 0 atom stereocenters. The lowest BCUT2D eigenvalue weighted by Crippen LogP contribution is -2.61. The van der Waals surface area contributed by atoms with Crippen LogP contribution in [0.2, 0.25) is 0 Å². The number of hydrogen-bond donors (Lipinski definition) is 2. The molecule has 6 nitrogen and oxygen atoms in total. The molecule has 0 bridgehead atoms.